The number of hydrogen-bond acceptors (Lipinski definition) is 10. The van der Waals surface area contributed by atoms with E-state index in [1.165, 1.54) is 29.7 Å². The number of fused-ring (bicyclic) bond motifs is 2. The normalized spacial score (nSPS) is 13.2. The molecule has 13 heteroatoms. The molecule has 0 aliphatic carbocycles. The van der Waals surface area contributed by atoms with Crippen LogP contribution < -0.4 is 20.3 Å². The first-order chi connectivity index (χ1) is 19.1. The summed E-state index contributed by atoms with van der Waals surface area (Å²) in [6.07, 6.45) is 0.742. The number of methoxy groups -OCH3 is 1. The van der Waals surface area contributed by atoms with Crippen molar-refractivity contribution in [3.05, 3.63) is 53.4 Å². The Morgan fingerprint density at radius 2 is 1.85 bits per heavy atom. The van der Waals surface area contributed by atoms with Crippen LogP contribution in [0.25, 0.3) is 10.2 Å². The van der Waals surface area contributed by atoms with Gasteiger partial charge in [0.15, 0.2) is 5.82 Å². The molecule has 0 saturated heterocycles. The predicted molar refractivity (Wildman–Crippen MR) is 159 cm³/mol. The highest BCUT2D eigenvalue weighted by Crippen LogP contribution is 2.39. The summed E-state index contributed by atoms with van der Waals surface area (Å²) < 4.78 is 33.5. The highest BCUT2D eigenvalue weighted by Gasteiger charge is 2.27. The average Bonchev–Trinajstić information content (AvgIpc) is 3.55. The van der Waals surface area contributed by atoms with Crippen molar-refractivity contribution >= 4 is 66.3 Å². The molecular weight excluding hydrogens is 550 g/mol. The van der Waals surface area contributed by atoms with Gasteiger partial charge >= 0.3 is 0 Å². The van der Waals surface area contributed by atoms with E-state index in [0.29, 0.717) is 47.5 Å². The smallest absolute Gasteiger partial charge is 0.244 e. The Labute approximate surface area is 237 Å². The summed E-state index contributed by atoms with van der Waals surface area (Å²) in [5, 5.41) is 8.39. The molecule has 0 saturated carbocycles. The summed E-state index contributed by atoms with van der Waals surface area (Å²) in [6, 6.07) is 12.4. The molecule has 0 fully saturated rings. The van der Waals surface area contributed by atoms with E-state index in [1.807, 2.05) is 42.6 Å². The number of nitrogens with zero attached hydrogens (tertiary/aromatic N) is 5. The summed E-state index contributed by atoms with van der Waals surface area (Å²) in [4.78, 5) is 26.0. The maximum Gasteiger partial charge on any atom is 0.244 e. The number of ether oxygens (including phenoxy) is 1. The van der Waals surface area contributed by atoms with Crippen LogP contribution in [0.2, 0.25) is 0 Å². The zero-order valence-electron chi connectivity index (χ0n) is 22.9. The number of nitrogens with one attached hydrogen (secondary N) is 2. The first-order valence-corrected chi connectivity index (χ1v) is 14.9. The molecule has 0 radical (unpaired) electrons. The lowest BCUT2D eigenvalue weighted by atomic mass is 10.1. The SMILES string of the molecule is COc1cc2c(cc1Nc1nc(Nc3ccccc3S(=O)(=O)N(C)C)c3sccc3n1)N(C(=O)CN(C)C)CC2. The highest BCUT2D eigenvalue weighted by molar-refractivity contribution is 7.89. The van der Waals surface area contributed by atoms with Crippen molar-refractivity contribution in [2.24, 2.45) is 0 Å². The summed E-state index contributed by atoms with van der Waals surface area (Å²) in [5.41, 5.74) is 3.57. The number of benzene rings is 2. The van der Waals surface area contributed by atoms with Crippen LogP contribution in [0.15, 0.2) is 52.7 Å². The lowest BCUT2D eigenvalue weighted by molar-refractivity contribution is -0.119. The fourth-order valence-corrected chi connectivity index (χ4v) is 6.36. The molecule has 11 nitrogen and oxygen atoms in total. The number of anilines is 5. The summed E-state index contributed by atoms with van der Waals surface area (Å²) in [5.74, 6) is 1.39. The number of amides is 1. The number of thiophene rings is 1. The number of para-hydroxylation sites is 1. The molecule has 3 heterocycles. The van der Waals surface area contributed by atoms with E-state index in [-0.39, 0.29) is 10.8 Å². The maximum absolute atomic E-state index is 13.0. The fourth-order valence-electron chi connectivity index (χ4n) is 4.54. The van der Waals surface area contributed by atoms with Gasteiger partial charge in [0.25, 0.3) is 0 Å². The highest BCUT2D eigenvalue weighted by atomic mass is 32.2. The van der Waals surface area contributed by atoms with E-state index in [1.54, 1.807) is 36.3 Å². The second-order valence-corrected chi connectivity index (χ2v) is 12.8. The first-order valence-electron chi connectivity index (χ1n) is 12.6. The van der Waals surface area contributed by atoms with E-state index in [2.05, 4.69) is 15.6 Å². The van der Waals surface area contributed by atoms with Gasteiger partial charge in [-0.2, -0.15) is 4.98 Å². The van der Waals surface area contributed by atoms with Gasteiger partial charge in [-0.25, -0.2) is 17.7 Å². The Morgan fingerprint density at radius 3 is 2.58 bits per heavy atom. The van der Waals surface area contributed by atoms with Crippen LogP contribution in [0.3, 0.4) is 0 Å². The van der Waals surface area contributed by atoms with E-state index < -0.39 is 10.0 Å². The molecule has 1 aliphatic heterocycles. The topological polar surface area (TPSA) is 120 Å². The number of carbonyl (C=O) groups excluding carboxylic acids is 1. The van der Waals surface area contributed by atoms with Gasteiger partial charge in [-0.15, -0.1) is 11.3 Å². The lowest BCUT2D eigenvalue weighted by Gasteiger charge is -2.21. The molecule has 0 spiro atoms. The monoisotopic (exact) mass is 581 g/mol. The van der Waals surface area contributed by atoms with Crippen molar-refractivity contribution in [2.45, 2.75) is 11.3 Å². The number of carbonyl (C=O) groups is 1. The largest absolute Gasteiger partial charge is 0.495 e. The van der Waals surface area contributed by atoms with E-state index in [0.717, 1.165) is 22.4 Å². The predicted octanol–water partition coefficient (Wildman–Crippen LogP) is 3.89. The molecular formula is C27H31N7O4S2. The average molecular weight is 582 g/mol. The van der Waals surface area contributed by atoms with Crippen LogP contribution in [0, 0.1) is 0 Å². The van der Waals surface area contributed by atoms with Gasteiger partial charge in [-0.3, -0.25) is 4.79 Å². The van der Waals surface area contributed by atoms with Crippen LogP contribution in [0.1, 0.15) is 5.56 Å². The van der Waals surface area contributed by atoms with Crippen LogP contribution in [-0.4, -0.2) is 81.9 Å². The van der Waals surface area contributed by atoms with E-state index in [9.17, 15) is 13.2 Å². The Balaban J connectivity index is 1.52. The van der Waals surface area contributed by atoms with Crippen LogP contribution >= 0.6 is 11.3 Å². The van der Waals surface area contributed by atoms with Gasteiger partial charge in [-0.05, 0) is 61.8 Å². The quantitative estimate of drug-likeness (QED) is 0.303. The van der Waals surface area contributed by atoms with Crippen LogP contribution in [0.5, 0.6) is 5.75 Å². The molecule has 210 valence electrons. The minimum absolute atomic E-state index is 0.0219. The maximum atomic E-state index is 13.0. The molecule has 40 heavy (non-hydrogen) atoms. The molecule has 0 atom stereocenters. The van der Waals surface area contributed by atoms with Crippen molar-refractivity contribution in [1.29, 1.82) is 0 Å². The number of sulfonamides is 1. The van der Waals surface area contributed by atoms with Gasteiger partial charge in [0.05, 0.1) is 35.2 Å². The zero-order valence-corrected chi connectivity index (χ0v) is 24.6. The second-order valence-electron chi connectivity index (χ2n) is 9.78. The molecule has 2 N–H and O–H groups in total. The third-order valence-electron chi connectivity index (χ3n) is 6.50. The van der Waals surface area contributed by atoms with Gasteiger partial charge in [0, 0.05) is 26.3 Å². The number of likely N-dealkylation sites (N-methyl/N-ethyl adjacent to an activating group) is 1. The third-order valence-corrected chi connectivity index (χ3v) is 9.28. The van der Waals surface area contributed by atoms with Crippen molar-refractivity contribution in [3.8, 4) is 5.75 Å². The Bertz CT molecular complexity index is 1690. The molecule has 5 rings (SSSR count). The van der Waals surface area contributed by atoms with Gasteiger partial charge in [0.1, 0.15) is 10.6 Å². The van der Waals surface area contributed by atoms with E-state index >= 15 is 0 Å². The Morgan fingerprint density at radius 1 is 1.07 bits per heavy atom. The second kappa shape index (κ2) is 11.0. The van der Waals surface area contributed by atoms with Crippen LogP contribution in [-0.2, 0) is 21.2 Å². The first kappa shape index (κ1) is 27.8. The van der Waals surface area contributed by atoms with Crippen molar-refractivity contribution in [3.63, 3.8) is 0 Å². The molecule has 2 aromatic carbocycles. The zero-order chi connectivity index (χ0) is 28.6. The van der Waals surface area contributed by atoms with Crippen molar-refractivity contribution in [1.82, 2.24) is 19.2 Å². The summed E-state index contributed by atoms with van der Waals surface area (Å²) >= 11 is 1.45. The van der Waals surface area contributed by atoms with Crippen molar-refractivity contribution < 1.29 is 17.9 Å². The van der Waals surface area contributed by atoms with Crippen molar-refractivity contribution in [2.75, 3.05) is 63.9 Å². The molecule has 0 bridgehead atoms. The molecule has 1 amide bonds. The number of rotatable bonds is 9. The van der Waals surface area contributed by atoms with Gasteiger partial charge < -0.3 is 25.2 Å². The molecule has 0 unspecified atom stereocenters. The minimum atomic E-state index is -3.70. The Hall–Kier alpha value is -3.78. The summed E-state index contributed by atoms with van der Waals surface area (Å²) in [7, 11) is 4.62. The van der Waals surface area contributed by atoms with E-state index in [4.69, 9.17) is 9.72 Å². The molecule has 2 aromatic heterocycles. The van der Waals surface area contributed by atoms with Crippen LogP contribution in [0.4, 0.5) is 28.8 Å². The third kappa shape index (κ3) is 5.32. The Kier molecular flexibility index (Phi) is 7.64. The summed E-state index contributed by atoms with van der Waals surface area (Å²) in [6.45, 7) is 0.918. The minimum Gasteiger partial charge on any atom is -0.495 e. The number of aromatic nitrogens is 2. The molecule has 4 aromatic rings. The molecule has 1 aliphatic rings. The van der Waals surface area contributed by atoms with Gasteiger partial charge in [-0.1, -0.05) is 12.1 Å². The standard InChI is InChI=1S/C27H31N7O4S2/c1-32(2)16-24(35)34-12-10-17-14-22(38-5)20(15-21(17)34)30-27-29-19-11-13-39-25(19)26(31-27)28-18-8-6-7-9-23(18)40(36,37)33(3)4/h6-9,11,13-15H,10,12,16H2,1-5H3,(H2,28,29,30,31). The lowest BCUT2D eigenvalue weighted by Crippen LogP contribution is -2.36. The number of hydrogen-bond donors (Lipinski definition) is 2. The fraction of sp³-hybridized carbons (Fsp3) is 0.296. The van der Waals surface area contributed by atoms with Gasteiger partial charge in [0.2, 0.25) is 21.9 Å².